The summed E-state index contributed by atoms with van der Waals surface area (Å²) in [6.45, 7) is 2.47. The van der Waals surface area contributed by atoms with Gasteiger partial charge in [-0.3, -0.25) is 14.9 Å². The fourth-order valence-electron chi connectivity index (χ4n) is 1.76. The van der Waals surface area contributed by atoms with Crippen molar-refractivity contribution >= 4 is 29.3 Å². The molecule has 1 aromatic rings. The third kappa shape index (κ3) is 3.71. The van der Waals surface area contributed by atoms with Crippen molar-refractivity contribution in [2.75, 3.05) is 23.5 Å². The van der Waals surface area contributed by atoms with Gasteiger partial charge < -0.3 is 10.6 Å². The molecule has 19 heavy (non-hydrogen) atoms. The van der Waals surface area contributed by atoms with Crippen molar-refractivity contribution in [3.05, 3.63) is 29.8 Å². The highest BCUT2D eigenvalue weighted by molar-refractivity contribution is 7.99. The molecule has 1 fully saturated rings. The van der Waals surface area contributed by atoms with Crippen LogP contribution in [0.1, 0.15) is 17.3 Å². The van der Waals surface area contributed by atoms with Crippen molar-refractivity contribution in [1.82, 2.24) is 10.6 Å². The minimum Gasteiger partial charge on any atom is -0.352 e. The molecule has 6 heteroatoms. The zero-order valence-corrected chi connectivity index (χ0v) is 11.5. The number of rotatable bonds is 4. The van der Waals surface area contributed by atoms with Gasteiger partial charge in [-0.1, -0.05) is 0 Å². The number of carbonyl (C=O) groups excluding carboxylic acids is 2. The molecular weight excluding hydrogens is 262 g/mol. The Hall–Kier alpha value is -1.53. The molecule has 0 radical (unpaired) electrons. The van der Waals surface area contributed by atoms with Gasteiger partial charge in [0.05, 0.1) is 6.04 Å². The normalized spacial score (nSPS) is 18.1. The van der Waals surface area contributed by atoms with Crippen LogP contribution in [0.5, 0.6) is 0 Å². The van der Waals surface area contributed by atoms with E-state index in [0.717, 1.165) is 11.6 Å². The average Bonchev–Trinajstić information content (AvgIpc) is 2.94. The molecule has 2 rings (SSSR count). The molecule has 1 aliphatic rings. The molecular formula is C13H17N3O2S. The predicted molar refractivity (Wildman–Crippen MR) is 77.3 cm³/mol. The number of thioether (sulfide) groups is 1. The van der Waals surface area contributed by atoms with Crippen molar-refractivity contribution in [1.29, 1.82) is 0 Å². The number of amides is 2. The number of nitrogens with one attached hydrogen (secondary N) is 3. The third-order valence-electron chi connectivity index (χ3n) is 2.78. The van der Waals surface area contributed by atoms with Crippen LogP contribution in [0.4, 0.5) is 5.69 Å². The van der Waals surface area contributed by atoms with Gasteiger partial charge in [0.15, 0.2) is 0 Å². The summed E-state index contributed by atoms with van der Waals surface area (Å²) in [5.74, 6) is 1.47. The van der Waals surface area contributed by atoms with Crippen LogP contribution in [0, 0.1) is 0 Å². The van der Waals surface area contributed by atoms with Gasteiger partial charge in [0.2, 0.25) is 5.91 Å². The molecule has 0 aromatic heterocycles. The first-order valence-corrected chi connectivity index (χ1v) is 7.36. The van der Waals surface area contributed by atoms with Gasteiger partial charge >= 0.3 is 0 Å². The van der Waals surface area contributed by atoms with E-state index in [-0.39, 0.29) is 17.9 Å². The predicted octanol–water partition coefficient (Wildman–Crippen LogP) is 1.04. The van der Waals surface area contributed by atoms with E-state index < -0.39 is 0 Å². The van der Waals surface area contributed by atoms with Crippen LogP contribution in [0.15, 0.2) is 24.3 Å². The smallest absolute Gasteiger partial charge is 0.251 e. The lowest BCUT2D eigenvalue weighted by molar-refractivity contribution is -0.117. The lowest BCUT2D eigenvalue weighted by Crippen LogP contribution is -2.37. The summed E-state index contributed by atoms with van der Waals surface area (Å²) in [6.07, 6.45) is 0. The molecule has 3 N–H and O–H groups in total. The average molecular weight is 279 g/mol. The summed E-state index contributed by atoms with van der Waals surface area (Å²) in [5.41, 5.74) is 1.30. The highest BCUT2D eigenvalue weighted by Gasteiger charge is 2.22. The molecule has 0 spiro atoms. The van der Waals surface area contributed by atoms with E-state index >= 15 is 0 Å². The molecule has 0 aliphatic carbocycles. The van der Waals surface area contributed by atoms with Crippen molar-refractivity contribution in [2.45, 2.75) is 13.0 Å². The number of anilines is 1. The molecule has 1 aliphatic heterocycles. The first-order valence-electron chi connectivity index (χ1n) is 6.21. The second-order valence-electron chi connectivity index (χ2n) is 4.20. The van der Waals surface area contributed by atoms with E-state index in [9.17, 15) is 9.59 Å². The summed E-state index contributed by atoms with van der Waals surface area (Å²) in [6, 6.07) is 6.76. The Morgan fingerprint density at radius 1 is 1.37 bits per heavy atom. The monoisotopic (exact) mass is 279 g/mol. The van der Waals surface area contributed by atoms with Crippen LogP contribution in [0.3, 0.4) is 0 Å². The standard InChI is InChI=1S/C13H17N3O2S/c1-2-14-12(17)9-3-5-10(6-4-9)16-13(18)11-7-19-8-15-11/h3-6,11,15H,2,7-8H2,1H3,(H,14,17)(H,16,18). The Morgan fingerprint density at radius 3 is 2.68 bits per heavy atom. The number of hydrogen-bond donors (Lipinski definition) is 3. The molecule has 2 amide bonds. The van der Waals surface area contributed by atoms with Gasteiger partial charge in [-0.25, -0.2) is 0 Å². The molecule has 1 saturated heterocycles. The van der Waals surface area contributed by atoms with Crippen LogP contribution in [0.2, 0.25) is 0 Å². The highest BCUT2D eigenvalue weighted by atomic mass is 32.2. The van der Waals surface area contributed by atoms with Gasteiger partial charge in [0.1, 0.15) is 0 Å². The largest absolute Gasteiger partial charge is 0.352 e. The Morgan fingerprint density at radius 2 is 2.11 bits per heavy atom. The third-order valence-corrected chi connectivity index (χ3v) is 3.72. The maximum Gasteiger partial charge on any atom is 0.251 e. The van der Waals surface area contributed by atoms with Crippen molar-refractivity contribution in [2.24, 2.45) is 0 Å². The Labute approximate surface area is 116 Å². The van der Waals surface area contributed by atoms with Crippen LogP contribution in [-0.2, 0) is 4.79 Å². The maximum atomic E-state index is 11.9. The Kier molecular flexibility index (Phi) is 4.81. The van der Waals surface area contributed by atoms with Gasteiger partial charge in [0, 0.05) is 29.4 Å². The Bertz CT molecular complexity index is 455. The van der Waals surface area contributed by atoms with Crippen LogP contribution >= 0.6 is 11.8 Å². The van der Waals surface area contributed by atoms with E-state index in [1.165, 1.54) is 0 Å². The summed E-state index contributed by atoms with van der Waals surface area (Å²) < 4.78 is 0. The van der Waals surface area contributed by atoms with Crippen LogP contribution < -0.4 is 16.0 Å². The summed E-state index contributed by atoms with van der Waals surface area (Å²) in [4.78, 5) is 23.4. The van der Waals surface area contributed by atoms with Crippen molar-refractivity contribution in [3.8, 4) is 0 Å². The molecule has 1 aromatic carbocycles. The zero-order valence-electron chi connectivity index (χ0n) is 10.7. The number of carbonyl (C=O) groups is 2. The van der Waals surface area contributed by atoms with Crippen LogP contribution in [0.25, 0.3) is 0 Å². The highest BCUT2D eigenvalue weighted by Crippen LogP contribution is 2.13. The van der Waals surface area contributed by atoms with Crippen molar-refractivity contribution in [3.63, 3.8) is 0 Å². The van der Waals surface area contributed by atoms with E-state index in [1.807, 2.05) is 6.92 Å². The quantitative estimate of drug-likeness (QED) is 0.770. The fraction of sp³-hybridized carbons (Fsp3) is 0.385. The summed E-state index contributed by atoms with van der Waals surface area (Å²) in [5, 5.41) is 8.67. The second-order valence-corrected chi connectivity index (χ2v) is 5.23. The lowest BCUT2D eigenvalue weighted by atomic mass is 10.2. The topological polar surface area (TPSA) is 70.2 Å². The minimum absolute atomic E-state index is 0.0317. The van der Waals surface area contributed by atoms with Gasteiger partial charge in [0.25, 0.3) is 5.91 Å². The maximum absolute atomic E-state index is 11.9. The van der Waals surface area contributed by atoms with Gasteiger partial charge in [-0.2, -0.15) is 0 Å². The molecule has 102 valence electrons. The summed E-state index contributed by atoms with van der Waals surface area (Å²) in [7, 11) is 0. The van der Waals surface area contributed by atoms with Crippen LogP contribution in [-0.4, -0.2) is 36.0 Å². The van der Waals surface area contributed by atoms with E-state index in [2.05, 4.69) is 16.0 Å². The Balaban J connectivity index is 1.94. The number of hydrogen-bond acceptors (Lipinski definition) is 4. The minimum atomic E-state index is -0.131. The van der Waals surface area contributed by atoms with Gasteiger partial charge in [-0.15, -0.1) is 11.8 Å². The first-order chi connectivity index (χ1) is 9.20. The molecule has 5 nitrogen and oxygen atoms in total. The number of benzene rings is 1. The zero-order chi connectivity index (χ0) is 13.7. The van der Waals surface area contributed by atoms with E-state index in [0.29, 0.717) is 17.8 Å². The summed E-state index contributed by atoms with van der Waals surface area (Å²) >= 11 is 1.71. The second kappa shape index (κ2) is 6.58. The first kappa shape index (κ1) is 13.9. The lowest BCUT2D eigenvalue weighted by Gasteiger charge is -2.10. The van der Waals surface area contributed by atoms with Gasteiger partial charge in [-0.05, 0) is 31.2 Å². The van der Waals surface area contributed by atoms with Crippen molar-refractivity contribution < 1.29 is 9.59 Å². The molecule has 1 atom stereocenters. The molecule has 1 heterocycles. The fourth-order valence-corrected chi connectivity index (χ4v) is 2.70. The van der Waals surface area contributed by atoms with E-state index in [4.69, 9.17) is 0 Å². The molecule has 1 unspecified atom stereocenters. The molecule has 0 bridgehead atoms. The SMILES string of the molecule is CCNC(=O)c1ccc(NC(=O)C2CSCN2)cc1. The van der Waals surface area contributed by atoms with E-state index in [1.54, 1.807) is 36.0 Å². The molecule has 0 saturated carbocycles.